The minimum absolute atomic E-state index is 0.0627. The van der Waals surface area contributed by atoms with Gasteiger partial charge in [0.15, 0.2) is 0 Å². The molecule has 0 aliphatic carbocycles. The van der Waals surface area contributed by atoms with Crippen molar-refractivity contribution in [3.63, 3.8) is 0 Å². The van der Waals surface area contributed by atoms with Gasteiger partial charge in [0.2, 0.25) is 0 Å². The standard InChI is InChI=1S/C18H17FN2/c1-12-9-13(11-14(19)10-12)18(20-2)16-5-3-7-17-15(16)6-4-8-21-17/h3-11,18,20H,1-2H3. The molecule has 3 rings (SSSR count). The zero-order valence-corrected chi connectivity index (χ0v) is 12.1. The third kappa shape index (κ3) is 2.65. The van der Waals surface area contributed by atoms with Crippen LogP contribution in [0.15, 0.2) is 54.7 Å². The molecule has 0 bridgehead atoms. The number of pyridine rings is 1. The Bertz CT molecular complexity index is 758. The molecule has 0 aliphatic rings. The summed E-state index contributed by atoms with van der Waals surface area (Å²) in [5.41, 5.74) is 3.89. The Balaban J connectivity index is 2.18. The Kier molecular flexibility index (Phi) is 3.67. The highest BCUT2D eigenvalue weighted by atomic mass is 19.1. The van der Waals surface area contributed by atoms with Gasteiger partial charge in [0.05, 0.1) is 11.6 Å². The molecule has 21 heavy (non-hydrogen) atoms. The van der Waals surface area contributed by atoms with Gasteiger partial charge in [-0.1, -0.05) is 24.3 Å². The summed E-state index contributed by atoms with van der Waals surface area (Å²) in [6.07, 6.45) is 1.78. The van der Waals surface area contributed by atoms with Crippen molar-refractivity contribution in [3.8, 4) is 0 Å². The molecule has 0 fully saturated rings. The van der Waals surface area contributed by atoms with Crippen molar-refractivity contribution in [2.24, 2.45) is 0 Å². The highest BCUT2D eigenvalue weighted by Gasteiger charge is 2.16. The van der Waals surface area contributed by atoms with Gasteiger partial charge in [-0.25, -0.2) is 4.39 Å². The predicted octanol–water partition coefficient (Wildman–Crippen LogP) is 3.99. The molecule has 0 saturated heterocycles. The molecule has 1 aromatic heterocycles. The summed E-state index contributed by atoms with van der Waals surface area (Å²) in [5.74, 6) is -0.205. The number of hydrogen-bond donors (Lipinski definition) is 1. The largest absolute Gasteiger partial charge is 0.309 e. The van der Waals surface area contributed by atoms with Gasteiger partial charge in [-0.3, -0.25) is 4.98 Å². The van der Waals surface area contributed by atoms with Crippen molar-refractivity contribution in [1.82, 2.24) is 10.3 Å². The van der Waals surface area contributed by atoms with E-state index in [1.807, 2.05) is 44.3 Å². The van der Waals surface area contributed by atoms with E-state index < -0.39 is 0 Å². The topological polar surface area (TPSA) is 24.9 Å². The molecule has 0 radical (unpaired) electrons. The Morgan fingerprint density at radius 3 is 2.71 bits per heavy atom. The molecule has 1 N–H and O–H groups in total. The summed E-state index contributed by atoms with van der Waals surface area (Å²) in [6.45, 7) is 1.91. The Morgan fingerprint density at radius 2 is 1.95 bits per heavy atom. The van der Waals surface area contributed by atoms with Gasteiger partial charge in [-0.2, -0.15) is 0 Å². The molecular weight excluding hydrogens is 263 g/mol. The summed E-state index contributed by atoms with van der Waals surface area (Å²) in [6, 6.07) is 15.1. The maximum atomic E-state index is 13.7. The maximum Gasteiger partial charge on any atom is 0.123 e. The first-order valence-corrected chi connectivity index (χ1v) is 6.97. The fraction of sp³-hybridized carbons (Fsp3) is 0.167. The van der Waals surface area contributed by atoms with Crippen molar-refractivity contribution in [2.75, 3.05) is 7.05 Å². The third-order valence-electron chi connectivity index (χ3n) is 3.68. The van der Waals surface area contributed by atoms with Gasteiger partial charge in [0.25, 0.3) is 0 Å². The number of nitrogens with one attached hydrogen (secondary N) is 1. The van der Waals surface area contributed by atoms with Crippen LogP contribution in [0.5, 0.6) is 0 Å². The fourth-order valence-corrected chi connectivity index (χ4v) is 2.81. The average Bonchev–Trinajstić information content (AvgIpc) is 2.47. The molecular formula is C18H17FN2. The number of halogens is 1. The lowest BCUT2D eigenvalue weighted by Gasteiger charge is -2.19. The second kappa shape index (κ2) is 5.62. The lowest BCUT2D eigenvalue weighted by molar-refractivity contribution is 0.616. The molecule has 3 aromatic rings. The smallest absolute Gasteiger partial charge is 0.123 e. The Morgan fingerprint density at radius 1 is 1.10 bits per heavy atom. The first kappa shape index (κ1) is 13.7. The summed E-state index contributed by atoms with van der Waals surface area (Å²) >= 11 is 0. The van der Waals surface area contributed by atoms with Crippen LogP contribution in [0.25, 0.3) is 10.9 Å². The summed E-state index contributed by atoms with van der Waals surface area (Å²) in [4.78, 5) is 4.39. The Labute approximate surface area is 123 Å². The number of hydrogen-bond acceptors (Lipinski definition) is 2. The van der Waals surface area contributed by atoms with Gasteiger partial charge in [-0.05, 0) is 54.9 Å². The van der Waals surface area contributed by atoms with Crippen LogP contribution in [-0.4, -0.2) is 12.0 Å². The van der Waals surface area contributed by atoms with Crippen molar-refractivity contribution in [1.29, 1.82) is 0 Å². The highest BCUT2D eigenvalue weighted by molar-refractivity contribution is 5.83. The minimum Gasteiger partial charge on any atom is -0.309 e. The van der Waals surface area contributed by atoms with Gasteiger partial charge in [0.1, 0.15) is 5.82 Å². The molecule has 1 atom stereocenters. The van der Waals surface area contributed by atoms with E-state index in [1.165, 1.54) is 0 Å². The van der Waals surface area contributed by atoms with Gasteiger partial charge in [-0.15, -0.1) is 0 Å². The number of benzene rings is 2. The molecule has 106 valence electrons. The van der Waals surface area contributed by atoms with Gasteiger partial charge in [0, 0.05) is 11.6 Å². The predicted molar refractivity (Wildman–Crippen MR) is 83.8 cm³/mol. The number of nitrogens with zero attached hydrogens (tertiary/aromatic N) is 1. The average molecular weight is 280 g/mol. The number of aromatic nitrogens is 1. The first-order valence-electron chi connectivity index (χ1n) is 6.97. The van der Waals surface area contributed by atoms with Gasteiger partial charge >= 0.3 is 0 Å². The van der Waals surface area contributed by atoms with E-state index in [9.17, 15) is 4.39 Å². The second-order valence-corrected chi connectivity index (χ2v) is 5.20. The number of fused-ring (bicyclic) bond motifs is 1. The van der Waals surface area contributed by atoms with E-state index in [-0.39, 0.29) is 11.9 Å². The lowest BCUT2D eigenvalue weighted by Crippen LogP contribution is -2.18. The van der Waals surface area contributed by atoms with Gasteiger partial charge < -0.3 is 5.32 Å². The lowest BCUT2D eigenvalue weighted by atomic mass is 9.94. The maximum absolute atomic E-state index is 13.7. The number of aryl methyl sites for hydroxylation is 1. The molecule has 3 heteroatoms. The van der Waals surface area contributed by atoms with Crippen molar-refractivity contribution >= 4 is 10.9 Å². The van der Waals surface area contributed by atoms with Crippen molar-refractivity contribution in [3.05, 3.63) is 77.2 Å². The molecule has 0 amide bonds. The SMILES string of the molecule is CNC(c1cc(C)cc(F)c1)c1cccc2ncccc12. The molecule has 1 heterocycles. The summed E-state index contributed by atoms with van der Waals surface area (Å²) in [5, 5.41) is 4.37. The van der Waals surface area contributed by atoms with Crippen LogP contribution in [0, 0.1) is 12.7 Å². The van der Waals surface area contributed by atoms with E-state index in [4.69, 9.17) is 0 Å². The highest BCUT2D eigenvalue weighted by Crippen LogP contribution is 2.28. The van der Waals surface area contributed by atoms with Crippen molar-refractivity contribution < 1.29 is 4.39 Å². The van der Waals surface area contributed by atoms with Crippen LogP contribution in [0.1, 0.15) is 22.7 Å². The second-order valence-electron chi connectivity index (χ2n) is 5.20. The van der Waals surface area contributed by atoms with Crippen LogP contribution in [0.3, 0.4) is 0 Å². The molecule has 2 nitrogen and oxygen atoms in total. The fourth-order valence-electron chi connectivity index (χ4n) is 2.81. The summed E-state index contributed by atoms with van der Waals surface area (Å²) in [7, 11) is 1.89. The molecule has 0 saturated carbocycles. The minimum atomic E-state index is -0.205. The molecule has 0 spiro atoms. The number of rotatable bonds is 3. The molecule has 2 aromatic carbocycles. The molecule has 1 unspecified atom stereocenters. The third-order valence-corrected chi connectivity index (χ3v) is 3.68. The van der Waals surface area contributed by atoms with Crippen LogP contribution in [0.2, 0.25) is 0 Å². The quantitative estimate of drug-likeness (QED) is 0.784. The zero-order chi connectivity index (χ0) is 14.8. The van der Waals surface area contributed by atoms with E-state index in [0.29, 0.717) is 0 Å². The van der Waals surface area contributed by atoms with Crippen LogP contribution in [-0.2, 0) is 0 Å². The van der Waals surface area contributed by atoms with E-state index in [1.54, 1.807) is 18.3 Å². The van der Waals surface area contributed by atoms with Crippen LogP contribution in [0.4, 0.5) is 4.39 Å². The van der Waals surface area contributed by atoms with Crippen LogP contribution < -0.4 is 5.32 Å². The Hall–Kier alpha value is -2.26. The van der Waals surface area contributed by atoms with Crippen LogP contribution >= 0.6 is 0 Å². The first-order chi connectivity index (χ1) is 10.2. The molecule has 0 aliphatic heterocycles. The van der Waals surface area contributed by atoms with Crippen molar-refractivity contribution in [2.45, 2.75) is 13.0 Å². The van der Waals surface area contributed by atoms with E-state index in [0.717, 1.165) is 27.6 Å². The summed E-state index contributed by atoms with van der Waals surface area (Å²) < 4.78 is 13.7. The zero-order valence-electron chi connectivity index (χ0n) is 12.1. The van der Waals surface area contributed by atoms with E-state index >= 15 is 0 Å². The van der Waals surface area contributed by atoms with E-state index in [2.05, 4.69) is 16.4 Å². The monoisotopic (exact) mass is 280 g/mol. The normalized spacial score (nSPS) is 12.5.